The van der Waals surface area contributed by atoms with Crippen molar-refractivity contribution in [2.24, 2.45) is 0 Å². The number of hydrogen-bond donors (Lipinski definition) is 0. The van der Waals surface area contributed by atoms with E-state index in [1.54, 1.807) is 0 Å². The van der Waals surface area contributed by atoms with Crippen molar-refractivity contribution in [1.82, 2.24) is 18.5 Å². The molecule has 4 aromatic heterocycles. The van der Waals surface area contributed by atoms with Crippen LogP contribution in [0.3, 0.4) is 0 Å². The van der Waals surface area contributed by atoms with Crippen molar-refractivity contribution in [1.29, 1.82) is 0 Å². The summed E-state index contributed by atoms with van der Waals surface area (Å²) >= 11 is 0. The van der Waals surface area contributed by atoms with Gasteiger partial charge in [0.15, 0.2) is 0 Å². The molecule has 0 aliphatic rings. The number of benzene rings is 6. The van der Waals surface area contributed by atoms with Crippen molar-refractivity contribution in [2.45, 2.75) is 6.92 Å². The van der Waals surface area contributed by atoms with E-state index in [4.69, 9.17) is 9.40 Å². The van der Waals surface area contributed by atoms with Crippen LogP contribution in [0, 0.1) is 6.92 Å². The smallest absolute Gasteiger partial charge is 0.220 e. The number of hydrogen-bond acceptors (Lipinski definition) is 2. The minimum Gasteiger partial charge on any atom is -0.456 e. The molecule has 43 heavy (non-hydrogen) atoms. The fourth-order valence-electron chi connectivity index (χ4n) is 7.07. The third-order valence-corrected chi connectivity index (χ3v) is 8.89. The van der Waals surface area contributed by atoms with Gasteiger partial charge in [0.25, 0.3) is 0 Å². The molecular formula is C38H24N4O. The Hall–Kier alpha value is -5.81. The lowest BCUT2D eigenvalue weighted by molar-refractivity contribution is 0.668. The van der Waals surface area contributed by atoms with E-state index in [1.807, 2.05) is 0 Å². The van der Waals surface area contributed by atoms with Gasteiger partial charge in [0.1, 0.15) is 11.2 Å². The van der Waals surface area contributed by atoms with Crippen LogP contribution in [0.1, 0.15) is 5.56 Å². The molecule has 0 saturated heterocycles. The van der Waals surface area contributed by atoms with Gasteiger partial charge in [-0.2, -0.15) is 0 Å². The molecule has 0 amide bonds. The number of nitrogens with zero attached hydrogens (tertiary/aromatic N) is 4. The summed E-state index contributed by atoms with van der Waals surface area (Å²) in [6, 6.07) is 45.1. The van der Waals surface area contributed by atoms with Crippen molar-refractivity contribution in [3.05, 3.63) is 133 Å². The van der Waals surface area contributed by atoms with Gasteiger partial charge in [-0.25, -0.2) is 4.98 Å². The van der Waals surface area contributed by atoms with Gasteiger partial charge >= 0.3 is 0 Å². The van der Waals surface area contributed by atoms with Gasteiger partial charge in [-0.15, -0.1) is 0 Å². The highest BCUT2D eigenvalue weighted by atomic mass is 16.3. The average molecular weight is 553 g/mol. The molecule has 6 aromatic carbocycles. The standard InChI is InChI=1S/C38H24N4O/c1-23-17-20-35-27(21-23)37-33(15-8-16-36(37)43-35)41-31-13-6-7-14-32(31)42-34-22-24(18-19-28(34)39-38(41)42)40-29-11-4-2-9-25(29)26-10-3-5-12-30(26)40/h2-22H,1H3. The quantitative estimate of drug-likeness (QED) is 0.214. The van der Waals surface area contributed by atoms with Crippen LogP contribution in [0.25, 0.3) is 83.0 Å². The van der Waals surface area contributed by atoms with Crippen LogP contribution in [-0.2, 0) is 0 Å². The molecule has 4 heterocycles. The van der Waals surface area contributed by atoms with Crippen molar-refractivity contribution >= 4 is 71.6 Å². The number of furan rings is 1. The Morgan fingerprint density at radius 1 is 0.535 bits per heavy atom. The maximum absolute atomic E-state index is 6.31. The van der Waals surface area contributed by atoms with Gasteiger partial charge in [-0.3, -0.25) is 8.97 Å². The Labute approximate surface area is 245 Å². The molecule has 202 valence electrons. The van der Waals surface area contributed by atoms with E-state index in [0.29, 0.717) is 0 Å². The predicted molar refractivity (Wildman–Crippen MR) is 176 cm³/mol. The second-order valence-corrected chi connectivity index (χ2v) is 11.4. The number of fused-ring (bicyclic) bond motifs is 11. The number of aryl methyl sites for hydroxylation is 1. The first kappa shape index (κ1) is 22.8. The van der Waals surface area contributed by atoms with E-state index >= 15 is 0 Å². The van der Waals surface area contributed by atoms with Crippen LogP contribution < -0.4 is 0 Å². The fourth-order valence-corrected chi connectivity index (χ4v) is 7.07. The zero-order chi connectivity index (χ0) is 28.2. The largest absolute Gasteiger partial charge is 0.456 e. The monoisotopic (exact) mass is 552 g/mol. The number of para-hydroxylation sites is 4. The van der Waals surface area contributed by atoms with E-state index in [2.05, 4.69) is 148 Å². The van der Waals surface area contributed by atoms with Crippen molar-refractivity contribution < 1.29 is 4.42 Å². The molecule has 0 radical (unpaired) electrons. The highest BCUT2D eigenvalue weighted by Gasteiger charge is 2.21. The Bertz CT molecular complexity index is 2700. The van der Waals surface area contributed by atoms with Crippen LogP contribution in [0.2, 0.25) is 0 Å². The zero-order valence-corrected chi connectivity index (χ0v) is 23.3. The molecule has 0 fully saturated rings. The molecule has 0 saturated carbocycles. The molecule has 0 bridgehead atoms. The van der Waals surface area contributed by atoms with E-state index < -0.39 is 0 Å². The van der Waals surface area contributed by atoms with E-state index in [9.17, 15) is 0 Å². The second kappa shape index (κ2) is 8.14. The predicted octanol–water partition coefficient (Wildman–Crippen LogP) is 9.74. The third-order valence-electron chi connectivity index (χ3n) is 8.89. The van der Waals surface area contributed by atoms with Crippen molar-refractivity contribution in [3.63, 3.8) is 0 Å². The summed E-state index contributed by atoms with van der Waals surface area (Å²) in [6.07, 6.45) is 0. The maximum atomic E-state index is 6.31. The average Bonchev–Trinajstić information content (AvgIpc) is 3.77. The second-order valence-electron chi connectivity index (χ2n) is 11.4. The van der Waals surface area contributed by atoms with E-state index in [1.165, 1.54) is 27.4 Å². The van der Waals surface area contributed by atoms with Gasteiger partial charge in [0.2, 0.25) is 5.78 Å². The molecule has 0 spiro atoms. The van der Waals surface area contributed by atoms with Gasteiger partial charge in [0, 0.05) is 21.8 Å². The van der Waals surface area contributed by atoms with E-state index in [-0.39, 0.29) is 0 Å². The zero-order valence-electron chi connectivity index (χ0n) is 23.3. The lowest BCUT2D eigenvalue weighted by Crippen LogP contribution is -1.95. The van der Waals surface area contributed by atoms with Crippen LogP contribution >= 0.6 is 0 Å². The third kappa shape index (κ3) is 2.98. The number of rotatable bonds is 2. The summed E-state index contributed by atoms with van der Waals surface area (Å²) in [7, 11) is 0. The van der Waals surface area contributed by atoms with Gasteiger partial charge in [-0.1, -0.05) is 66.2 Å². The normalized spacial score (nSPS) is 12.3. The molecule has 5 heteroatoms. The van der Waals surface area contributed by atoms with Gasteiger partial charge in [0.05, 0.1) is 44.2 Å². The molecule has 10 aromatic rings. The summed E-state index contributed by atoms with van der Waals surface area (Å²) in [6.45, 7) is 2.13. The Morgan fingerprint density at radius 3 is 2.05 bits per heavy atom. The minimum absolute atomic E-state index is 0.874. The van der Waals surface area contributed by atoms with Crippen molar-refractivity contribution in [2.75, 3.05) is 0 Å². The van der Waals surface area contributed by atoms with Gasteiger partial charge < -0.3 is 8.98 Å². The fraction of sp³-hybridized carbons (Fsp3) is 0.0263. The Morgan fingerprint density at radius 2 is 1.26 bits per heavy atom. The summed E-state index contributed by atoms with van der Waals surface area (Å²) in [5, 5.41) is 4.72. The lowest BCUT2D eigenvalue weighted by Gasteiger charge is -2.08. The first-order valence-electron chi connectivity index (χ1n) is 14.6. The highest BCUT2D eigenvalue weighted by molar-refractivity contribution is 6.11. The Balaban J connectivity index is 1.32. The van der Waals surface area contributed by atoms with Crippen molar-refractivity contribution in [3.8, 4) is 11.4 Å². The SMILES string of the molecule is Cc1ccc2oc3cccc(-n4c5ccccc5n5c6cc(-n7c8ccccc8c8ccccc87)ccc6nc45)c3c2c1. The lowest BCUT2D eigenvalue weighted by atomic mass is 10.1. The van der Waals surface area contributed by atoms with Crippen LogP contribution in [0.15, 0.2) is 132 Å². The number of aromatic nitrogens is 4. The topological polar surface area (TPSA) is 40.3 Å². The molecule has 10 rings (SSSR count). The van der Waals surface area contributed by atoms with Gasteiger partial charge in [-0.05, 0) is 73.7 Å². The molecule has 5 nitrogen and oxygen atoms in total. The van der Waals surface area contributed by atoms with Crippen LogP contribution in [0.5, 0.6) is 0 Å². The minimum atomic E-state index is 0.874. The first-order valence-corrected chi connectivity index (χ1v) is 14.6. The summed E-state index contributed by atoms with van der Waals surface area (Å²) in [4.78, 5) is 5.25. The number of imidazole rings is 2. The maximum Gasteiger partial charge on any atom is 0.220 e. The molecule has 0 unspecified atom stereocenters. The first-order chi connectivity index (χ1) is 21.2. The summed E-state index contributed by atoms with van der Waals surface area (Å²) in [5.41, 5.74) is 11.8. The van der Waals surface area contributed by atoms with Crippen LogP contribution in [-0.4, -0.2) is 18.5 Å². The summed E-state index contributed by atoms with van der Waals surface area (Å²) in [5.74, 6) is 0.880. The molecule has 0 N–H and O–H groups in total. The summed E-state index contributed by atoms with van der Waals surface area (Å²) < 4.78 is 13.3. The highest BCUT2D eigenvalue weighted by Crippen LogP contribution is 2.38. The van der Waals surface area contributed by atoms with E-state index in [0.717, 1.165) is 61.2 Å². The molecule has 0 aliphatic carbocycles. The van der Waals surface area contributed by atoms with Crippen LogP contribution in [0.4, 0.5) is 0 Å². The molecular weight excluding hydrogens is 528 g/mol. The molecule has 0 aliphatic heterocycles. The molecule has 0 atom stereocenters. The Kier molecular flexibility index (Phi) is 4.32.